The molecule has 0 aliphatic carbocycles. The second-order valence-electron chi connectivity index (χ2n) is 6.65. The lowest BCUT2D eigenvalue weighted by molar-refractivity contribution is -0.675. The highest BCUT2D eigenvalue weighted by atomic mass is 32.2. The summed E-state index contributed by atoms with van der Waals surface area (Å²) in [5.41, 5.74) is 7.43. The van der Waals surface area contributed by atoms with Gasteiger partial charge in [0.2, 0.25) is 17.3 Å². The number of ether oxygens (including phenoxy) is 2. The van der Waals surface area contributed by atoms with Crippen LogP contribution in [0.5, 0.6) is 11.5 Å². The minimum Gasteiger partial charge on any atom is -0.497 e. The second kappa shape index (κ2) is 8.76. The topological polar surface area (TPSA) is 89.9 Å². The number of aryl methyl sites for hydroxylation is 2. The first-order valence-corrected chi connectivity index (χ1v) is 10.2. The smallest absolute Gasteiger partial charge is 0.294 e. The van der Waals surface area contributed by atoms with Crippen LogP contribution in [0.3, 0.4) is 0 Å². The summed E-state index contributed by atoms with van der Waals surface area (Å²) >= 11 is 1.35. The molecule has 0 atom stereocenters. The summed E-state index contributed by atoms with van der Waals surface area (Å²) in [6, 6.07) is 9.61. The van der Waals surface area contributed by atoms with Crippen LogP contribution in [0.4, 0.5) is 14.6 Å². The molecule has 0 saturated carbocycles. The highest BCUT2D eigenvalue weighted by molar-refractivity contribution is 7.99. The Labute approximate surface area is 181 Å². The maximum absolute atomic E-state index is 14.0. The lowest BCUT2D eigenvalue weighted by Gasteiger charge is -2.07. The molecule has 31 heavy (non-hydrogen) atoms. The Morgan fingerprint density at radius 1 is 1.16 bits per heavy atom. The lowest BCUT2D eigenvalue weighted by Crippen LogP contribution is -2.36. The second-order valence-corrected chi connectivity index (χ2v) is 7.68. The number of aromatic nitrogens is 4. The van der Waals surface area contributed by atoms with Crippen molar-refractivity contribution >= 4 is 28.7 Å². The normalized spacial score (nSPS) is 11.1. The number of halogens is 2. The number of H-pyrrole nitrogens is 1. The van der Waals surface area contributed by atoms with Gasteiger partial charge in [-0.2, -0.15) is 0 Å². The van der Waals surface area contributed by atoms with Crippen molar-refractivity contribution in [2.75, 3.05) is 20.0 Å². The molecule has 2 aromatic heterocycles. The fraction of sp³-hybridized carbons (Fsp3) is 0.190. The molecule has 0 bridgehead atoms. The van der Waals surface area contributed by atoms with Gasteiger partial charge < -0.3 is 20.2 Å². The molecule has 3 N–H and O–H groups in total. The van der Waals surface area contributed by atoms with Crippen molar-refractivity contribution in [3.8, 4) is 11.5 Å². The first-order chi connectivity index (χ1) is 15.0. The van der Waals surface area contributed by atoms with Crippen LogP contribution in [-0.4, -0.2) is 29.2 Å². The Kier molecular flexibility index (Phi) is 5.90. The number of aromatic amines is 1. The summed E-state index contributed by atoms with van der Waals surface area (Å²) in [5, 5.41) is 0.576. The highest BCUT2D eigenvalue weighted by Crippen LogP contribution is 2.36. The average molecular weight is 444 g/mol. The van der Waals surface area contributed by atoms with E-state index in [0.29, 0.717) is 40.2 Å². The fourth-order valence-electron chi connectivity index (χ4n) is 3.14. The van der Waals surface area contributed by atoms with E-state index in [0.717, 1.165) is 11.0 Å². The van der Waals surface area contributed by atoms with Crippen LogP contribution in [0.2, 0.25) is 0 Å². The zero-order chi connectivity index (χ0) is 22.0. The van der Waals surface area contributed by atoms with Crippen LogP contribution in [0.1, 0.15) is 5.56 Å². The molecule has 2 heterocycles. The predicted octanol–water partition coefficient (Wildman–Crippen LogP) is 3.52. The maximum Gasteiger partial charge on any atom is 0.294 e. The summed E-state index contributed by atoms with van der Waals surface area (Å²) in [4.78, 5) is 12.8. The maximum atomic E-state index is 14.0. The zero-order valence-electron chi connectivity index (χ0n) is 16.9. The summed E-state index contributed by atoms with van der Waals surface area (Å²) in [7, 11) is 3.18. The molecule has 0 unspecified atom stereocenters. The molecule has 2 aromatic carbocycles. The van der Waals surface area contributed by atoms with E-state index in [4.69, 9.17) is 15.2 Å². The van der Waals surface area contributed by atoms with Gasteiger partial charge in [-0.25, -0.2) is 13.3 Å². The van der Waals surface area contributed by atoms with Crippen molar-refractivity contribution in [3.63, 3.8) is 0 Å². The standard InChI is InChI=1S/C21H19F2N5O2S/c1-29-13-6-7-15(30-2)16(10-13)31-21-26-18-19(24)25-11-28(20(18)27-21)9-8-12-4-3-5-14(22)17(12)23/h3-7,10-11H,8-9H2,1-2H3,(H2,24,26,27)/p+1. The van der Waals surface area contributed by atoms with Crippen LogP contribution in [-0.2, 0) is 13.0 Å². The number of nitrogen functional groups attached to an aromatic ring is 1. The van der Waals surface area contributed by atoms with Gasteiger partial charge in [-0.3, -0.25) is 0 Å². The Bertz CT molecular complexity index is 1250. The van der Waals surface area contributed by atoms with E-state index in [1.165, 1.54) is 24.2 Å². The van der Waals surface area contributed by atoms with E-state index in [1.54, 1.807) is 24.9 Å². The van der Waals surface area contributed by atoms with E-state index in [1.807, 2.05) is 18.2 Å². The quantitative estimate of drug-likeness (QED) is 0.424. The van der Waals surface area contributed by atoms with Gasteiger partial charge in [-0.15, -0.1) is 0 Å². The number of nitrogens with zero attached hydrogens (tertiary/aromatic N) is 3. The number of nitrogens with one attached hydrogen (secondary N) is 1. The molecule has 0 amide bonds. The van der Waals surface area contributed by atoms with E-state index in [-0.39, 0.29) is 12.0 Å². The number of anilines is 1. The largest absolute Gasteiger partial charge is 0.497 e. The van der Waals surface area contributed by atoms with Crippen molar-refractivity contribution in [2.45, 2.75) is 23.0 Å². The van der Waals surface area contributed by atoms with Gasteiger partial charge in [-0.05, 0) is 41.6 Å². The van der Waals surface area contributed by atoms with Gasteiger partial charge in [0.1, 0.15) is 11.5 Å². The van der Waals surface area contributed by atoms with E-state index >= 15 is 0 Å². The SMILES string of the molecule is COc1ccc(OC)c(Sc2nc3c([nH]2)c(N)nc[n+]3CCc2cccc(F)c2F)c1. The first-order valence-electron chi connectivity index (χ1n) is 9.36. The Balaban J connectivity index is 1.65. The molecule has 160 valence electrons. The third-order valence-electron chi connectivity index (χ3n) is 4.76. The minimum absolute atomic E-state index is 0.272. The molecule has 4 rings (SSSR count). The molecule has 0 radical (unpaired) electrons. The molecule has 0 spiro atoms. The summed E-state index contributed by atoms with van der Waals surface area (Å²) in [5.74, 6) is -0.0559. The van der Waals surface area contributed by atoms with Crippen molar-refractivity contribution in [2.24, 2.45) is 0 Å². The van der Waals surface area contributed by atoms with Gasteiger partial charge in [0.25, 0.3) is 5.65 Å². The fourth-order valence-corrected chi connectivity index (χ4v) is 4.06. The molecule has 4 aromatic rings. The molecule has 0 fully saturated rings. The van der Waals surface area contributed by atoms with Crippen LogP contribution in [0.25, 0.3) is 11.2 Å². The molecule has 0 saturated heterocycles. The van der Waals surface area contributed by atoms with E-state index in [9.17, 15) is 8.78 Å². The molecule has 7 nitrogen and oxygen atoms in total. The number of imidazole rings is 1. The van der Waals surface area contributed by atoms with Gasteiger partial charge in [0.15, 0.2) is 17.2 Å². The van der Waals surface area contributed by atoms with Crippen molar-refractivity contribution in [1.29, 1.82) is 0 Å². The third-order valence-corrected chi connectivity index (χ3v) is 5.68. The number of fused-ring (bicyclic) bond motifs is 1. The zero-order valence-corrected chi connectivity index (χ0v) is 17.7. The summed E-state index contributed by atoms with van der Waals surface area (Å²) in [6.07, 6.45) is 1.81. The number of methoxy groups -OCH3 is 2. The number of hydrogen-bond donors (Lipinski definition) is 2. The third kappa shape index (κ3) is 4.24. The number of benzene rings is 2. The number of hydrogen-bond acceptors (Lipinski definition) is 6. The molecular formula is C21H20F2N5O2S+. The van der Waals surface area contributed by atoms with E-state index < -0.39 is 11.6 Å². The lowest BCUT2D eigenvalue weighted by atomic mass is 10.1. The Hall–Kier alpha value is -3.40. The first kappa shape index (κ1) is 20.9. The number of rotatable bonds is 7. The van der Waals surface area contributed by atoms with Crippen LogP contribution >= 0.6 is 11.8 Å². The Morgan fingerprint density at radius 2 is 2.00 bits per heavy atom. The average Bonchev–Trinajstić information content (AvgIpc) is 3.20. The molecular weight excluding hydrogens is 424 g/mol. The molecule has 0 aliphatic rings. The predicted molar refractivity (Wildman–Crippen MR) is 112 cm³/mol. The van der Waals surface area contributed by atoms with Crippen LogP contribution in [0.15, 0.2) is 52.8 Å². The summed E-state index contributed by atoms with van der Waals surface area (Å²) < 4.78 is 39.9. The number of nitrogens with two attached hydrogens (primary N) is 1. The Morgan fingerprint density at radius 3 is 2.77 bits per heavy atom. The van der Waals surface area contributed by atoms with Crippen LogP contribution in [0, 0.1) is 11.6 Å². The van der Waals surface area contributed by atoms with Crippen molar-refractivity contribution in [3.05, 3.63) is 59.9 Å². The van der Waals surface area contributed by atoms with Crippen molar-refractivity contribution < 1.29 is 22.8 Å². The highest BCUT2D eigenvalue weighted by Gasteiger charge is 2.21. The summed E-state index contributed by atoms with van der Waals surface area (Å²) in [6.45, 7) is 0.349. The van der Waals surface area contributed by atoms with Crippen LogP contribution < -0.4 is 19.8 Å². The van der Waals surface area contributed by atoms with Gasteiger partial charge >= 0.3 is 0 Å². The monoisotopic (exact) mass is 444 g/mol. The minimum atomic E-state index is -0.867. The molecule has 0 aliphatic heterocycles. The van der Waals surface area contributed by atoms with Gasteiger partial charge in [0, 0.05) is 6.42 Å². The van der Waals surface area contributed by atoms with Gasteiger partial charge in [-0.1, -0.05) is 22.1 Å². The molecule has 10 heteroatoms. The van der Waals surface area contributed by atoms with Crippen molar-refractivity contribution in [1.82, 2.24) is 15.0 Å². The van der Waals surface area contributed by atoms with E-state index in [2.05, 4.69) is 15.0 Å². The van der Waals surface area contributed by atoms with Gasteiger partial charge in [0.05, 0.1) is 25.7 Å².